The Morgan fingerprint density at radius 2 is 2.40 bits per heavy atom. The maximum atomic E-state index is 4.45. The molecule has 1 N–H and O–H groups in total. The molecule has 1 aromatic heterocycles. The second-order valence-corrected chi connectivity index (χ2v) is 5.21. The van der Waals surface area contributed by atoms with E-state index in [1.807, 2.05) is 31.8 Å². The average molecular weight is 223 g/mol. The summed E-state index contributed by atoms with van der Waals surface area (Å²) in [6, 6.07) is 0. The Morgan fingerprint density at radius 3 is 3.13 bits per heavy atom. The molecule has 1 saturated heterocycles. The number of hydrogen-bond donors (Lipinski definition) is 1. The van der Waals surface area contributed by atoms with Gasteiger partial charge in [-0.3, -0.25) is 4.98 Å². The number of hydrogen-bond acceptors (Lipinski definition) is 4. The maximum Gasteiger partial charge on any atom is 0.147 e. The number of anilines is 1. The van der Waals surface area contributed by atoms with Gasteiger partial charge < -0.3 is 5.32 Å². The zero-order valence-corrected chi connectivity index (χ0v) is 10.1. The zero-order chi connectivity index (χ0) is 10.7. The van der Waals surface area contributed by atoms with Crippen molar-refractivity contribution < 1.29 is 0 Å². The molecular formula is C11H17N3S. The van der Waals surface area contributed by atoms with Gasteiger partial charge in [0.05, 0.1) is 11.4 Å². The fourth-order valence-electron chi connectivity index (χ4n) is 1.69. The van der Waals surface area contributed by atoms with Crippen molar-refractivity contribution >= 4 is 17.6 Å². The molecule has 4 heteroatoms. The molecule has 0 aromatic carbocycles. The number of aromatic nitrogens is 2. The van der Waals surface area contributed by atoms with E-state index < -0.39 is 0 Å². The van der Waals surface area contributed by atoms with Gasteiger partial charge in [-0.05, 0) is 37.7 Å². The molecule has 0 saturated carbocycles. The predicted molar refractivity (Wildman–Crippen MR) is 65.4 cm³/mol. The quantitative estimate of drug-likeness (QED) is 0.853. The summed E-state index contributed by atoms with van der Waals surface area (Å²) >= 11 is 2.05. The molecule has 1 atom stereocenters. The highest BCUT2D eigenvalue weighted by atomic mass is 32.2. The van der Waals surface area contributed by atoms with Gasteiger partial charge in [-0.1, -0.05) is 0 Å². The summed E-state index contributed by atoms with van der Waals surface area (Å²) in [5.74, 6) is 4.35. The molecule has 0 aliphatic carbocycles. The van der Waals surface area contributed by atoms with Crippen LogP contribution in [0.4, 0.5) is 5.82 Å². The summed E-state index contributed by atoms with van der Waals surface area (Å²) in [6.45, 7) is 5.01. The average Bonchev–Trinajstić information content (AvgIpc) is 2.72. The van der Waals surface area contributed by atoms with Crippen LogP contribution in [0.1, 0.15) is 17.8 Å². The molecule has 1 aliphatic rings. The van der Waals surface area contributed by atoms with Crippen molar-refractivity contribution in [1.82, 2.24) is 9.97 Å². The van der Waals surface area contributed by atoms with E-state index in [0.717, 1.165) is 29.7 Å². The minimum absolute atomic E-state index is 0.803. The second kappa shape index (κ2) is 4.84. The van der Waals surface area contributed by atoms with E-state index in [9.17, 15) is 0 Å². The molecule has 2 heterocycles. The minimum atomic E-state index is 0.803. The molecule has 3 nitrogen and oxygen atoms in total. The SMILES string of the molecule is Cc1cnc(C)c(NCC2CCSC2)n1. The van der Waals surface area contributed by atoms with Gasteiger partial charge in [0.25, 0.3) is 0 Å². The fraction of sp³-hybridized carbons (Fsp3) is 0.636. The molecule has 0 spiro atoms. The van der Waals surface area contributed by atoms with Crippen molar-refractivity contribution in [1.29, 1.82) is 0 Å². The first-order chi connectivity index (χ1) is 7.25. The van der Waals surface area contributed by atoms with Gasteiger partial charge in [-0.25, -0.2) is 4.98 Å². The lowest BCUT2D eigenvalue weighted by Crippen LogP contribution is -2.15. The lowest BCUT2D eigenvalue weighted by molar-refractivity contribution is 0.629. The van der Waals surface area contributed by atoms with Crippen LogP contribution in [0.2, 0.25) is 0 Å². The summed E-state index contributed by atoms with van der Waals surface area (Å²) in [5, 5.41) is 3.41. The molecule has 1 aromatic rings. The fourth-order valence-corrected chi connectivity index (χ4v) is 2.97. The maximum absolute atomic E-state index is 4.45. The Morgan fingerprint density at radius 1 is 1.53 bits per heavy atom. The Bertz CT molecular complexity index is 335. The third-order valence-electron chi connectivity index (χ3n) is 2.66. The molecule has 82 valence electrons. The topological polar surface area (TPSA) is 37.8 Å². The number of thioether (sulfide) groups is 1. The van der Waals surface area contributed by atoms with Crippen LogP contribution >= 0.6 is 11.8 Å². The highest BCUT2D eigenvalue weighted by Gasteiger charge is 2.15. The van der Waals surface area contributed by atoms with Crippen molar-refractivity contribution in [3.05, 3.63) is 17.6 Å². The van der Waals surface area contributed by atoms with Gasteiger partial charge in [-0.15, -0.1) is 0 Å². The Labute approximate surface area is 95.1 Å². The van der Waals surface area contributed by atoms with Crippen LogP contribution in [0.15, 0.2) is 6.20 Å². The molecule has 1 fully saturated rings. The lowest BCUT2D eigenvalue weighted by atomic mass is 10.1. The molecule has 0 radical (unpaired) electrons. The van der Waals surface area contributed by atoms with E-state index in [4.69, 9.17) is 0 Å². The van der Waals surface area contributed by atoms with Gasteiger partial charge in [0.1, 0.15) is 5.82 Å². The van der Waals surface area contributed by atoms with E-state index in [2.05, 4.69) is 15.3 Å². The minimum Gasteiger partial charge on any atom is -0.368 e. The normalized spacial score (nSPS) is 20.5. The largest absolute Gasteiger partial charge is 0.368 e. The molecule has 15 heavy (non-hydrogen) atoms. The van der Waals surface area contributed by atoms with Gasteiger partial charge >= 0.3 is 0 Å². The second-order valence-electron chi connectivity index (χ2n) is 4.06. The van der Waals surface area contributed by atoms with E-state index >= 15 is 0 Å². The highest BCUT2D eigenvalue weighted by molar-refractivity contribution is 7.99. The van der Waals surface area contributed by atoms with E-state index in [-0.39, 0.29) is 0 Å². The summed E-state index contributed by atoms with van der Waals surface area (Å²) in [5.41, 5.74) is 1.97. The summed E-state index contributed by atoms with van der Waals surface area (Å²) in [7, 11) is 0. The van der Waals surface area contributed by atoms with Gasteiger partial charge in [0, 0.05) is 12.7 Å². The molecule has 2 rings (SSSR count). The van der Waals surface area contributed by atoms with Gasteiger partial charge in [0.2, 0.25) is 0 Å². The van der Waals surface area contributed by atoms with E-state index in [1.165, 1.54) is 17.9 Å². The van der Waals surface area contributed by atoms with Crippen molar-refractivity contribution in [2.24, 2.45) is 5.92 Å². The van der Waals surface area contributed by atoms with Gasteiger partial charge in [0.15, 0.2) is 0 Å². The van der Waals surface area contributed by atoms with Crippen LogP contribution in [0.25, 0.3) is 0 Å². The van der Waals surface area contributed by atoms with Gasteiger partial charge in [-0.2, -0.15) is 11.8 Å². The van der Waals surface area contributed by atoms with E-state index in [1.54, 1.807) is 0 Å². The Hall–Kier alpha value is -0.770. The standard InChI is InChI=1S/C11H17N3S/c1-8-5-12-9(2)11(14-8)13-6-10-3-4-15-7-10/h5,10H,3-4,6-7H2,1-2H3,(H,13,14). The van der Waals surface area contributed by atoms with Crippen molar-refractivity contribution in [2.75, 3.05) is 23.4 Å². The van der Waals surface area contributed by atoms with Crippen LogP contribution in [0.5, 0.6) is 0 Å². The predicted octanol–water partition coefficient (Wildman–Crippen LogP) is 2.26. The van der Waals surface area contributed by atoms with Crippen LogP contribution in [-0.2, 0) is 0 Å². The Balaban J connectivity index is 1.94. The van der Waals surface area contributed by atoms with E-state index in [0.29, 0.717) is 0 Å². The first-order valence-corrected chi connectivity index (χ1v) is 6.53. The van der Waals surface area contributed by atoms with Crippen LogP contribution in [0.3, 0.4) is 0 Å². The highest BCUT2D eigenvalue weighted by Crippen LogP contribution is 2.23. The third-order valence-corrected chi connectivity index (χ3v) is 3.89. The number of rotatable bonds is 3. The van der Waals surface area contributed by atoms with Crippen LogP contribution < -0.4 is 5.32 Å². The Kier molecular flexibility index (Phi) is 3.46. The molecule has 1 unspecified atom stereocenters. The number of nitrogens with zero attached hydrogens (tertiary/aromatic N) is 2. The first kappa shape index (κ1) is 10.7. The summed E-state index contributed by atoms with van der Waals surface area (Å²) in [4.78, 5) is 8.75. The van der Waals surface area contributed by atoms with Crippen LogP contribution in [-0.4, -0.2) is 28.0 Å². The van der Waals surface area contributed by atoms with Crippen molar-refractivity contribution in [2.45, 2.75) is 20.3 Å². The number of nitrogens with one attached hydrogen (secondary N) is 1. The number of aryl methyl sites for hydroxylation is 2. The first-order valence-electron chi connectivity index (χ1n) is 5.37. The molecule has 0 bridgehead atoms. The smallest absolute Gasteiger partial charge is 0.147 e. The van der Waals surface area contributed by atoms with Crippen LogP contribution in [0, 0.1) is 19.8 Å². The molecule has 1 aliphatic heterocycles. The van der Waals surface area contributed by atoms with Crippen molar-refractivity contribution in [3.63, 3.8) is 0 Å². The zero-order valence-electron chi connectivity index (χ0n) is 9.29. The monoisotopic (exact) mass is 223 g/mol. The molecule has 0 amide bonds. The third kappa shape index (κ3) is 2.84. The summed E-state index contributed by atoms with van der Waals surface area (Å²) < 4.78 is 0. The molecular weight excluding hydrogens is 206 g/mol. The summed E-state index contributed by atoms with van der Waals surface area (Å²) in [6.07, 6.45) is 3.14. The van der Waals surface area contributed by atoms with Crippen molar-refractivity contribution in [3.8, 4) is 0 Å². The lowest BCUT2D eigenvalue weighted by Gasteiger charge is -2.12.